The summed E-state index contributed by atoms with van der Waals surface area (Å²) in [4.78, 5) is 20.0. The van der Waals surface area contributed by atoms with Gasteiger partial charge in [-0.25, -0.2) is 4.98 Å². The minimum Gasteiger partial charge on any atom is -0.437 e. The van der Waals surface area contributed by atoms with Gasteiger partial charge in [-0.05, 0) is 31.5 Å². The first-order valence-corrected chi connectivity index (χ1v) is 6.89. The Kier molecular flexibility index (Phi) is 4.07. The van der Waals surface area contributed by atoms with Gasteiger partial charge < -0.3 is 15.4 Å². The number of hydrogen-bond donors (Lipinski definition) is 2. The standard InChI is InChI=1S/C15H16N4O2/c20-15(13-5-2-6-17-13)19-11-3-1-4-12(9-11)21-14-10-16-7-8-18-14/h1,3-4,7-10,13,17H,2,5-6H2,(H,19,20). The fourth-order valence-electron chi connectivity index (χ4n) is 2.23. The Hall–Kier alpha value is -2.47. The zero-order valence-electron chi connectivity index (χ0n) is 11.5. The molecular weight excluding hydrogens is 268 g/mol. The van der Waals surface area contributed by atoms with Crippen molar-refractivity contribution < 1.29 is 9.53 Å². The summed E-state index contributed by atoms with van der Waals surface area (Å²) in [5.41, 5.74) is 0.704. The first-order chi connectivity index (χ1) is 10.3. The number of nitrogens with one attached hydrogen (secondary N) is 2. The van der Waals surface area contributed by atoms with Gasteiger partial charge in [-0.2, -0.15) is 0 Å². The summed E-state index contributed by atoms with van der Waals surface area (Å²) in [7, 11) is 0. The monoisotopic (exact) mass is 284 g/mol. The number of ether oxygens (including phenoxy) is 1. The van der Waals surface area contributed by atoms with Crippen molar-refractivity contribution in [2.45, 2.75) is 18.9 Å². The van der Waals surface area contributed by atoms with Crippen molar-refractivity contribution in [2.24, 2.45) is 0 Å². The Balaban J connectivity index is 1.66. The van der Waals surface area contributed by atoms with E-state index in [1.165, 1.54) is 6.20 Å². The highest BCUT2D eigenvalue weighted by molar-refractivity contribution is 5.95. The summed E-state index contributed by atoms with van der Waals surface area (Å²) in [5, 5.41) is 6.06. The zero-order valence-corrected chi connectivity index (χ0v) is 11.5. The third-order valence-corrected chi connectivity index (χ3v) is 3.24. The molecule has 0 radical (unpaired) electrons. The Morgan fingerprint density at radius 3 is 3.10 bits per heavy atom. The quantitative estimate of drug-likeness (QED) is 0.897. The van der Waals surface area contributed by atoms with Crippen LogP contribution in [0.4, 0.5) is 5.69 Å². The Morgan fingerprint density at radius 2 is 2.33 bits per heavy atom. The van der Waals surface area contributed by atoms with Gasteiger partial charge in [0.25, 0.3) is 0 Å². The molecule has 3 rings (SSSR count). The second-order valence-electron chi connectivity index (χ2n) is 4.81. The van der Waals surface area contributed by atoms with E-state index in [-0.39, 0.29) is 11.9 Å². The minimum atomic E-state index is -0.102. The highest BCUT2D eigenvalue weighted by Crippen LogP contribution is 2.22. The van der Waals surface area contributed by atoms with Crippen LogP contribution in [0.25, 0.3) is 0 Å². The fourth-order valence-corrected chi connectivity index (χ4v) is 2.23. The maximum atomic E-state index is 12.0. The number of amides is 1. The van der Waals surface area contributed by atoms with Gasteiger partial charge in [0.05, 0.1) is 12.2 Å². The van der Waals surface area contributed by atoms with Crippen molar-refractivity contribution in [1.82, 2.24) is 15.3 Å². The molecule has 2 heterocycles. The van der Waals surface area contributed by atoms with E-state index in [1.807, 2.05) is 12.1 Å². The summed E-state index contributed by atoms with van der Waals surface area (Å²) >= 11 is 0. The fraction of sp³-hybridized carbons (Fsp3) is 0.267. The number of rotatable bonds is 4. The maximum absolute atomic E-state index is 12.0. The molecule has 1 saturated heterocycles. The molecule has 2 aromatic rings. The highest BCUT2D eigenvalue weighted by atomic mass is 16.5. The molecule has 0 saturated carbocycles. The number of aromatic nitrogens is 2. The third kappa shape index (κ3) is 3.55. The Bertz CT molecular complexity index is 612. The number of hydrogen-bond acceptors (Lipinski definition) is 5. The van der Waals surface area contributed by atoms with Crippen LogP contribution in [-0.4, -0.2) is 28.5 Å². The van der Waals surface area contributed by atoms with Crippen LogP contribution in [0.3, 0.4) is 0 Å². The number of carbonyl (C=O) groups excluding carboxylic acids is 1. The SMILES string of the molecule is O=C(Nc1cccc(Oc2cnccn2)c1)C1CCCN1. The van der Waals surface area contributed by atoms with Crippen molar-refractivity contribution in [3.05, 3.63) is 42.9 Å². The topological polar surface area (TPSA) is 76.1 Å². The molecule has 0 aliphatic carbocycles. The van der Waals surface area contributed by atoms with Gasteiger partial charge in [-0.3, -0.25) is 9.78 Å². The summed E-state index contributed by atoms with van der Waals surface area (Å²) < 4.78 is 5.59. The number of carbonyl (C=O) groups is 1. The van der Waals surface area contributed by atoms with Gasteiger partial charge in [-0.15, -0.1) is 0 Å². The molecule has 6 nitrogen and oxygen atoms in total. The van der Waals surface area contributed by atoms with Gasteiger partial charge in [0, 0.05) is 24.1 Å². The lowest BCUT2D eigenvalue weighted by Crippen LogP contribution is -2.35. The summed E-state index contributed by atoms with van der Waals surface area (Å²) in [5.74, 6) is 1.01. The molecule has 1 amide bonds. The van der Waals surface area contributed by atoms with Crippen LogP contribution in [0.2, 0.25) is 0 Å². The van der Waals surface area contributed by atoms with Crippen molar-refractivity contribution in [3.63, 3.8) is 0 Å². The van der Waals surface area contributed by atoms with Crippen LogP contribution >= 0.6 is 0 Å². The zero-order chi connectivity index (χ0) is 14.5. The molecule has 2 N–H and O–H groups in total. The molecule has 6 heteroatoms. The largest absolute Gasteiger partial charge is 0.437 e. The van der Waals surface area contributed by atoms with Gasteiger partial charge in [0.1, 0.15) is 5.75 Å². The van der Waals surface area contributed by atoms with Crippen LogP contribution in [0, 0.1) is 0 Å². The Morgan fingerprint density at radius 1 is 1.38 bits per heavy atom. The molecule has 0 spiro atoms. The number of benzene rings is 1. The van der Waals surface area contributed by atoms with E-state index in [2.05, 4.69) is 20.6 Å². The van der Waals surface area contributed by atoms with Crippen molar-refractivity contribution >= 4 is 11.6 Å². The van der Waals surface area contributed by atoms with Crippen molar-refractivity contribution in [3.8, 4) is 11.6 Å². The van der Waals surface area contributed by atoms with Gasteiger partial charge in [0.15, 0.2) is 0 Å². The molecule has 1 atom stereocenters. The van der Waals surface area contributed by atoms with E-state index in [9.17, 15) is 4.79 Å². The summed E-state index contributed by atoms with van der Waals surface area (Å²) in [6.07, 6.45) is 6.59. The third-order valence-electron chi connectivity index (χ3n) is 3.24. The molecular formula is C15H16N4O2. The predicted molar refractivity (Wildman–Crippen MR) is 78.2 cm³/mol. The second kappa shape index (κ2) is 6.32. The van der Waals surface area contributed by atoms with Crippen molar-refractivity contribution in [1.29, 1.82) is 0 Å². The lowest BCUT2D eigenvalue weighted by atomic mass is 10.2. The molecule has 21 heavy (non-hydrogen) atoms. The molecule has 1 aliphatic rings. The van der Waals surface area contributed by atoms with Gasteiger partial charge >= 0.3 is 0 Å². The van der Waals surface area contributed by atoms with Gasteiger partial charge in [0.2, 0.25) is 11.8 Å². The molecule has 1 aromatic carbocycles. The number of anilines is 1. The van der Waals surface area contributed by atoms with Crippen LogP contribution < -0.4 is 15.4 Å². The maximum Gasteiger partial charge on any atom is 0.241 e. The Labute approximate surface area is 122 Å². The lowest BCUT2D eigenvalue weighted by Gasteiger charge is -2.12. The van der Waals surface area contributed by atoms with Crippen LogP contribution in [-0.2, 0) is 4.79 Å². The molecule has 1 unspecified atom stereocenters. The van der Waals surface area contributed by atoms with E-state index in [1.54, 1.807) is 24.5 Å². The predicted octanol–water partition coefficient (Wildman–Crippen LogP) is 1.96. The molecule has 1 aliphatic heterocycles. The van der Waals surface area contributed by atoms with Crippen molar-refractivity contribution in [2.75, 3.05) is 11.9 Å². The van der Waals surface area contributed by atoms with E-state index in [0.29, 0.717) is 17.3 Å². The molecule has 1 fully saturated rings. The second-order valence-corrected chi connectivity index (χ2v) is 4.81. The smallest absolute Gasteiger partial charge is 0.241 e. The first-order valence-electron chi connectivity index (χ1n) is 6.89. The lowest BCUT2D eigenvalue weighted by molar-refractivity contribution is -0.117. The average Bonchev–Trinajstić information content (AvgIpc) is 3.03. The van der Waals surface area contributed by atoms with Crippen LogP contribution in [0.15, 0.2) is 42.9 Å². The normalized spacial score (nSPS) is 17.4. The van der Waals surface area contributed by atoms with Crippen LogP contribution in [0.1, 0.15) is 12.8 Å². The van der Waals surface area contributed by atoms with Gasteiger partial charge in [-0.1, -0.05) is 6.07 Å². The van der Waals surface area contributed by atoms with E-state index in [4.69, 9.17) is 4.74 Å². The average molecular weight is 284 g/mol. The molecule has 108 valence electrons. The van der Waals surface area contributed by atoms with E-state index in [0.717, 1.165) is 19.4 Å². The highest BCUT2D eigenvalue weighted by Gasteiger charge is 2.21. The molecule has 0 bridgehead atoms. The number of nitrogens with zero attached hydrogens (tertiary/aromatic N) is 2. The van der Waals surface area contributed by atoms with E-state index >= 15 is 0 Å². The van der Waals surface area contributed by atoms with Crippen LogP contribution in [0.5, 0.6) is 11.6 Å². The summed E-state index contributed by atoms with van der Waals surface area (Å²) in [6.45, 7) is 0.897. The minimum absolute atomic E-state index is 0.0100. The first kappa shape index (κ1) is 13.5. The summed E-state index contributed by atoms with van der Waals surface area (Å²) in [6, 6.07) is 7.12. The molecule has 1 aromatic heterocycles. The van der Waals surface area contributed by atoms with E-state index < -0.39 is 0 Å².